The topological polar surface area (TPSA) is 35.5 Å². The fraction of sp³-hybridized carbons (Fsp3) is 0.667. The molecule has 1 atom stereocenters. The van der Waals surface area contributed by atoms with E-state index in [0.717, 1.165) is 6.42 Å². The molecule has 13 heavy (non-hydrogen) atoms. The zero-order valence-corrected chi connectivity index (χ0v) is 7.97. The highest BCUT2D eigenvalue weighted by Gasteiger charge is 2.16. The Morgan fingerprint density at radius 3 is 3.23 bits per heavy atom. The molecule has 0 aromatic heterocycles. The monoisotopic (exact) mass is 202 g/mol. The molecule has 0 aliphatic carbocycles. The molecule has 0 unspecified atom stereocenters. The van der Waals surface area contributed by atoms with Gasteiger partial charge in [-0.3, -0.25) is 4.79 Å². The summed E-state index contributed by atoms with van der Waals surface area (Å²) in [5.74, 6) is 2.45. The third-order valence-corrected chi connectivity index (χ3v) is 1.96. The Balaban J connectivity index is 2.24. The summed E-state index contributed by atoms with van der Waals surface area (Å²) in [4.78, 5) is 10.8. The molecule has 0 radical (unpaired) electrons. The zero-order chi connectivity index (χ0) is 9.52. The Labute approximate surface area is 82.3 Å². The third-order valence-electron chi connectivity index (χ3n) is 1.83. The fourth-order valence-corrected chi connectivity index (χ4v) is 1.21. The summed E-state index contributed by atoms with van der Waals surface area (Å²) in [6.07, 6.45) is 1.96. The molecule has 0 spiro atoms. The quantitative estimate of drug-likeness (QED) is 0.500. The largest absolute Gasteiger partial charge is 0.466 e. The minimum Gasteiger partial charge on any atom is -0.466 e. The van der Waals surface area contributed by atoms with E-state index in [9.17, 15) is 4.79 Å². The fourth-order valence-electron chi connectivity index (χ4n) is 1.15. The Hall–Kier alpha value is -0.720. The highest BCUT2D eigenvalue weighted by atomic mass is 35.5. The lowest BCUT2D eigenvalue weighted by Crippen LogP contribution is -2.13. The van der Waals surface area contributed by atoms with Crippen molar-refractivity contribution in [3.63, 3.8) is 0 Å². The van der Waals surface area contributed by atoms with Gasteiger partial charge in [-0.15, -0.1) is 0 Å². The van der Waals surface area contributed by atoms with Crippen LogP contribution in [0.25, 0.3) is 0 Å². The SMILES string of the molecule is O=C1CC[C@@H](OCC#CCl)CCO1. The van der Waals surface area contributed by atoms with Crippen molar-refractivity contribution >= 4 is 17.6 Å². The van der Waals surface area contributed by atoms with Crippen LogP contribution in [0.15, 0.2) is 0 Å². The van der Waals surface area contributed by atoms with Crippen molar-refractivity contribution in [2.45, 2.75) is 25.4 Å². The molecule has 1 heterocycles. The van der Waals surface area contributed by atoms with Crippen LogP contribution in [0.3, 0.4) is 0 Å². The standard InChI is InChI=1S/C9H11ClO3/c10-5-1-6-12-8-2-3-9(11)13-7-4-8/h8H,2-4,6-7H2/t8-/m1/s1. The molecule has 0 amide bonds. The first kappa shape index (κ1) is 10.4. The lowest BCUT2D eigenvalue weighted by Gasteiger charge is -2.10. The normalized spacial score (nSPS) is 22.5. The number of esters is 1. The molecule has 1 saturated heterocycles. The highest BCUT2D eigenvalue weighted by molar-refractivity contribution is 6.30. The first-order valence-electron chi connectivity index (χ1n) is 4.18. The van der Waals surface area contributed by atoms with E-state index < -0.39 is 0 Å². The van der Waals surface area contributed by atoms with Gasteiger partial charge < -0.3 is 9.47 Å². The third kappa shape index (κ3) is 4.16. The number of rotatable bonds is 2. The number of carbonyl (C=O) groups excluding carboxylic acids is 1. The summed E-state index contributed by atoms with van der Waals surface area (Å²) in [7, 11) is 0. The van der Waals surface area contributed by atoms with Crippen molar-refractivity contribution in [1.29, 1.82) is 0 Å². The van der Waals surface area contributed by atoms with E-state index in [1.807, 2.05) is 0 Å². The maximum Gasteiger partial charge on any atom is 0.305 e. The van der Waals surface area contributed by atoms with Crippen LogP contribution < -0.4 is 0 Å². The number of cyclic esters (lactones) is 1. The van der Waals surface area contributed by atoms with E-state index in [0.29, 0.717) is 26.1 Å². The van der Waals surface area contributed by atoms with Crippen LogP contribution in [0.2, 0.25) is 0 Å². The average Bonchev–Trinajstić information content (AvgIpc) is 2.32. The Kier molecular flexibility index (Phi) is 4.66. The maximum atomic E-state index is 10.8. The Morgan fingerprint density at radius 2 is 2.46 bits per heavy atom. The number of carbonyl (C=O) groups is 1. The van der Waals surface area contributed by atoms with Gasteiger partial charge in [-0.05, 0) is 18.0 Å². The number of hydrogen-bond donors (Lipinski definition) is 0. The average molecular weight is 203 g/mol. The van der Waals surface area contributed by atoms with Crippen LogP contribution >= 0.6 is 11.6 Å². The Bertz CT molecular complexity index is 229. The molecule has 3 nitrogen and oxygen atoms in total. The van der Waals surface area contributed by atoms with E-state index in [1.165, 1.54) is 0 Å². The van der Waals surface area contributed by atoms with Crippen LogP contribution in [-0.4, -0.2) is 25.3 Å². The van der Waals surface area contributed by atoms with Crippen molar-refractivity contribution in [1.82, 2.24) is 0 Å². The summed E-state index contributed by atoms with van der Waals surface area (Å²) < 4.78 is 10.2. The zero-order valence-electron chi connectivity index (χ0n) is 7.22. The smallest absolute Gasteiger partial charge is 0.305 e. The molecule has 0 saturated carbocycles. The van der Waals surface area contributed by atoms with Gasteiger partial charge in [0.15, 0.2) is 0 Å². The van der Waals surface area contributed by atoms with Gasteiger partial charge in [-0.1, -0.05) is 5.92 Å². The summed E-state index contributed by atoms with van der Waals surface area (Å²) in [5, 5.41) is 2.23. The molecular formula is C9H11ClO3. The van der Waals surface area contributed by atoms with Crippen LogP contribution in [-0.2, 0) is 14.3 Å². The number of ether oxygens (including phenoxy) is 2. The minimum atomic E-state index is -0.144. The molecule has 0 N–H and O–H groups in total. The molecule has 1 aliphatic heterocycles. The first-order valence-corrected chi connectivity index (χ1v) is 4.56. The van der Waals surface area contributed by atoms with Gasteiger partial charge in [0.1, 0.15) is 6.61 Å². The Morgan fingerprint density at radius 1 is 1.62 bits per heavy atom. The van der Waals surface area contributed by atoms with Gasteiger partial charge in [0, 0.05) is 18.2 Å². The lowest BCUT2D eigenvalue weighted by atomic mass is 10.1. The van der Waals surface area contributed by atoms with Gasteiger partial charge in [0.05, 0.1) is 12.7 Å². The second-order valence-electron chi connectivity index (χ2n) is 2.75. The van der Waals surface area contributed by atoms with Gasteiger partial charge in [-0.25, -0.2) is 0 Å². The van der Waals surface area contributed by atoms with E-state index in [1.54, 1.807) is 0 Å². The van der Waals surface area contributed by atoms with E-state index >= 15 is 0 Å². The molecule has 1 fully saturated rings. The van der Waals surface area contributed by atoms with Crippen LogP contribution in [0.1, 0.15) is 19.3 Å². The molecular weight excluding hydrogens is 192 g/mol. The highest BCUT2D eigenvalue weighted by Crippen LogP contribution is 2.12. The molecule has 0 aromatic carbocycles. The second-order valence-corrected chi connectivity index (χ2v) is 2.94. The van der Waals surface area contributed by atoms with Crippen molar-refractivity contribution in [3.05, 3.63) is 0 Å². The molecule has 4 heteroatoms. The number of hydrogen-bond acceptors (Lipinski definition) is 3. The summed E-state index contributed by atoms with van der Waals surface area (Å²) in [6.45, 7) is 0.764. The van der Waals surface area contributed by atoms with Gasteiger partial charge >= 0.3 is 5.97 Å². The first-order chi connectivity index (χ1) is 6.33. The van der Waals surface area contributed by atoms with E-state index in [-0.39, 0.29) is 12.1 Å². The van der Waals surface area contributed by atoms with Crippen LogP contribution in [0.4, 0.5) is 0 Å². The van der Waals surface area contributed by atoms with Crippen molar-refractivity contribution in [2.75, 3.05) is 13.2 Å². The van der Waals surface area contributed by atoms with Crippen molar-refractivity contribution < 1.29 is 14.3 Å². The molecule has 0 bridgehead atoms. The molecule has 0 aromatic rings. The van der Waals surface area contributed by atoms with Crippen molar-refractivity contribution in [3.8, 4) is 11.3 Å². The van der Waals surface area contributed by atoms with Gasteiger partial charge in [0.25, 0.3) is 0 Å². The minimum absolute atomic E-state index is 0.0731. The molecule has 1 rings (SSSR count). The molecule has 1 aliphatic rings. The lowest BCUT2D eigenvalue weighted by molar-refractivity contribution is -0.142. The van der Waals surface area contributed by atoms with Gasteiger partial charge in [-0.2, -0.15) is 0 Å². The predicted molar refractivity (Wildman–Crippen MR) is 48.2 cm³/mol. The molecule has 72 valence electrons. The van der Waals surface area contributed by atoms with Crippen LogP contribution in [0.5, 0.6) is 0 Å². The summed E-state index contributed by atoms with van der Waals surface area (Å²) >= 11 is 5.15. The van der Waals surface area contributed by atoms with Gasteiger partial charge in [0.2, 0.25) is 0 Å². The van der Waals surface area contributed by atoms with Crippen molar-refractivity contribution in [2.24, 2.45) is 0 Å². The summed E-state index contributed by atoms with van der Waals surface area (Å²) in [5.41, 5.74) is 0. The predicted octanol–water partition coefficient (Wildman–Crippen LogP) is 1.30. The summed E-state index contributed by atoms with van der Waals surface area (Å²) in [6, 6.07) is 0. The van der Waals surface area contributed by atoms with Crippen LogP contribution in [0, 0.1) is 11.3 Å². The van der Waals surface area contributed by atoms with E-state index in [2.05, 4.69) is 11.3 Å². The maximum absolute atomic E-state index is 10.8. The number of halogens is 1. The second kappa shape index (κ2) is 5.85. The van der Waals surface area contributed by atoms with E-state index in [4.69, 9.17) is 21.1 Å².